The molecule has 2 aromatic rings. The number of carbonyl (C=O) groups is 1. The molecule has 3 heterocycles. The minimum atomic E-state index is 0.179. The number of nitrogens with one attached hydrogen (secondary N) is 1. The molecule has 1 fully saturated rings. The summed E-state index contributed by atoms with van der Waals surface area (Å²) in [5.41, 5.74) is 7.57. The summed E-state index contributed by atoms with van der Waals surface area (Å²) < 4.78 is 0. The van der Waals surface area contributed by atoms with Crippen LogP contribution in [-0.4, -0.2) is 39.9 Å². The van der Waals surface area contributed by atoms with Gasteiger partial charge in [-0.25, -0.2) is 4.98 Å². The average Bonchev–Trinajstić information content (AvgIpc) is 3.03. The molecule has 0 aromatic carbocycles. The normalized spacial score (nSPS) is 22.6. The second-order valence-electron chi connectivity index (χ2n) is 5.62. The lowest BCUT2D eigenvalue weighted by molar-refractivity contribution is -0.131. The Bertz CT molecular complexity index is 621. The third kappa shape index (κ3) is 2.29. The van der Waals surface area contributed by atoms with E-state index < -0.39 is 0 Å². The molecule has 3 rings (SSSR count). The molecule has 1 aliphatic rings. The molecule has 2 unspecified atom stereocenters. The molecule has 2 atom stereocenters. The van der Waals surface area contributed by atoms with Crippen molar-refractivity contribution in [2.75, 3.05) is 13.1 Å². The second kappa shape index (κ2) is 5.25. The van der Waals surface area contributed by atoms with Gasteiger partial charge in [0, 0.05) is 30.4 Å². The molecule has 1 saturated heterocycles. The fraction of sp³-hybridized carbons (Fsp3) is 0.467. The minimum absolute atomic E-state index is 0.179. The summed E-state index contributed by atoms with van der Waals surface area (Å²) in [5.74, 6) is 0.622. The first-order chi connectivity index (χ1) is 9.69. The van der Waals surface area contributed by atoms with Crippen LogP contribution in [0.1, 0.15) is 18.9 Å². The number of H-pyrrole nitrogens is 1. The number of aromatic amines is 1. The maximum atomic E-state index is 12.5. The van der Waals surface area contributed by atoms with Crippen LogP contribution in [0.2, 0.25) is 0 Å². The summed E-state index contributed by atoms with van der Waals surface area (Å²) in [6, 6.07) is 4.18. The number of nitrogens with zero attached hydrogens (tertiary/aromatic N) is 2. The van der Waals surface area contributed by atoms with E-state index in [0.29, 0.717) is 24.9 Å². The van der Waals surface area contributed by atoms with Crippen LogP contribution in [0.3, 0.4) is 0 Å². The topological polar surface area (TPSA) is 75.0 Å². The van der Waals surface area contributed by atoms with Gasteiger partial charge in [-0.2, -0.15) is 0 Å². The third-order valence-electron chi connectivity index (χ3n) is 4.19. The highest BCUT2D eigenvalue weighted by atomic mass is 16.2. The summed E-state index contributed by atoms with van der Waals surface area (Å²) in [6.07, 6.45) is 5.07. The quantitative estimate of drug-likeness (QED) is 0.884. The number of carbonyl (C=O) groups excluding carboxylic acids is 1. The monoisotopic (exact) mass is 272 g/mol. The average molecular weight is 272 g/mol. The Labute approximate surface area is 118 Å². The van der Waals surface area contributed by atoms with Gasteiger partial charge in [0.25, 0.3) is 0 Å². The molecule has 0 bridgehead atoms. The molecule has 0 spiro atoms. The number of likely N-dealkylation sites (tertiary alicyclic amines) is 1. The predicted octanol–water partition coefficient (Wildman–Crippen LogP) is 1.30. The van der Waals surface area contributed by atoms with Gasteiger partial charge in [0.2, 0.25) is 5.91 Å². The highest BCUT2D eigenvalue weighted by molar-refractivity contribution is 5.87. The molecule has 0 radical (unpaired) electrons. The van der Waals surface area contributed by atoms with Crippen molar-refractivity contribution < 1.29 is 4.79 Å². The van der Waals surface area contributed by atoms with Crippen molar-refractivity contribution in [2.24, 2.45) is 11.7 Å². The molecule has 106 valence electrons. The van der Waals surface area contributed by atoms with E-state index in [0.717, 1.165) is 29.6 Å². The summed E-state index contributed by atoms with van der Waals surface area (Å²) in [4.78, 5) is 21.8. The molecule has 2 aromatic heterocycles. The van der Waals surface area contributed by atoms with Crippen molar-refractivity contribution in [2.45, 2.75) is 25.8 Å². The van der Waals surface area contributed by atoms with E-state index in [9.17, 15) is 4.79 Å². The van der Waals surface area contributed by atoms with E-state index in [2.05, 4.69) is 16.9 Å². The summed E-state index contributed by atoms with van der Waals surface area (Å²) in [6.45, 7) is 3.55. The van der Waals surface area contributed by atoms with Crippen LogP contribution in [-0.2, 0) is 11.2 Å². The van der Waals surface area contributed by atoms with Gasteiger partial charge in [0.15, 0.2) is 0 Å². The molecule has 3 N–H and O–H groups in total. The molecule has 5 heteroatoms. The first-order valence-electron chi connectivity index (χ1n) is 7.09. The van der Waals surface area contributed by atoms with Gasteiger partial charge in [-0.3, -0.25) is 4.79 Å². The van der Waals surface area contributed by atoms with Crippen molar-refractivity contribution in [3.8, 4) is 0 Å². The van der Waals surface area contributed by atoms with E-state index in [1.54, 1.807) is 6.20 Å². The van der Waals surface area contributed by atoms with Gasteiger partial charge in [-0.1, -0.05) is 0 Å². The fourth-order valence-electron chi connectivity index (χ4n) is 3.08. The molecular weight excluding hydrogens is 252 g/mol. The van der Waals surface area contributed by atoms with Gasteiger partial charge in [-0.15, -0.1) is 0 Å². The van der Waals surface area contributed by atoms with Crippen LogP contribution in [0.15, 0.2) is 24.5 Å². The van der Waals surface area contributed by atoms with E-state index in [1.165, 1.54) is 0 Å². The number of nitrogens with two attached hydrogens (primary N) is 1. The Morgan fingerprint density at radius 3 is 3.20 bits per heavy atom. The van der Waals surface area contributed by atoms with Crippen molar-refractivity contribution in [1.29, 1.82) is 0 Å². The number of aromatic nitrogens is 2. The van der Waals surface area contributed by atoms with Crippen molar-refractivity contribution in [3.63, 3.8) is 0 Å². The van der Waals surface area contributed by atoms with Crippen LogP contribution < -0.4 is 5.73 Å². The Kier molecular flexibility index (Phi) is 3.44. The predicted molar refractivity (Wildman–Crippen MR) is 78.1 cm³/mol. The summed E-state index contributed by atoms with van der Waals surface area (Å²) in [7, 11) is 0. The molecule has 20 heavy (non-hydrogen) atoms. The minimum Gasteiger partial charge on any atom is -0.346 e. The van der Waals surface area contributed by atoms with Crippen LogP contribution in [0.4, 0.5) is 0 Å². The number of hydrogen-bond donors (Lipinski definition) is 2. The van der Waals surface area contributed by atoms with Crippen LogP contribution in [0.25, 0.3) is 11.0 Å². The third-order valence-corrected chi connectivity index (χ3v) is 4.19. The lowest BCUT2D eigenvalue weighted by atomic mass is 10.1. The number of rotatable bonds is 3. The lowest BCUT2D eigenvalue weighted by Crippen LogP contribution is -2.35. The maximum Gasteiger partial charge on any atom is 0.227 e. The second-order valence-corrected chi connectivity index (χ2v) is 5.62. The Morgan fingerprint density at radius 1 is 1.60 bits per heavy atom. The van der Waals surface area contributed by atoms with Crippen LogP contribution >= 0.6 is 0 Å². The number of fused-ring (bicyclic) bond motifs is 1. The van der Waals surface area contributed by atoms with Crippen molar-refractivity contribution >= 4 is 16.9 Å². The zero-order valence-corrected chi connectivity index (χ0v) is 11.7. The largest absolute Gasteiger partial charge is 0.346 e. The molecule has 0 saturated carbocycles. The smallest absolute Gasteiger partial charge is 0.227 e. The van der Waals surface area contributed by atoms with Gasteiger partial charge in [0.1, 0.15) is 5.65 Å². The van der Waals surface area contributed by atoms with Crippen molar-refractivity contribution in [3.05, 3.63) is 30.1 Å². The molecule has 5 nitrogen and oxygen atoms in total. The summed E-state index contributed by atoms with van der Waals surface area (Å²) in [5, 5.41) is 1.03. The van der Waals surface area contributed by atoms with E-state index >= 15 is 0 Å². The molecule has 0 aliphatic carbocycles. The zero-order valence-electron chi connectivity index (χ0n) is 11.7. The highest BCUT2D eigenvalue weighted by Crippen LogP contribution is 2.24. The number of amides is 1. The zero-order chi connectivity index (χ0) is 14.1. The first-order valence-corrected chi connectivity index (χ1v) is 7.09. The van der Waals surface area contributed by atoms with E-state index in [-0.39, 0.29) is 5.91 Å². The van der Waals surface area contributed by atoms with E-state index in [1.807, 2.05) is 23.2 Å². The highest BCUT2D eigenvalue weighted by Gasteiger charge is 2.31. The number of hydrogen-bond acceptors (Lipinski definition) is 3. The Morgan fingerprint density at radius 2 is 2.45 bits per heavy atom. The van der Waals surface area contributed by atoms with E-state index in [4.69, 9.17) is 5.73 Å². The van der Waals surface area contributed by atoms with Gasteiger partial charge >= 0.3 is 0 Å². The summed E-state index contributed by atoms with van der Waals surface area (Å²) >= 11 is 0. The first kappa shape index (κ1) is 13.1. The standard InChI is InChI=1S/C15H20N4O/c1-10-5-11(7-16)9-19(10)14(20)6-12-8-18-15-13(12)3-2-4-17-15/h2-4,8,10-11H,5-7,9,16H2,1H3,(H,17,18). The van der Waals surface area contributed by atoms with Gasteiger partial charge in [0.05, 0.1) is 6.42 Å². The number of pyridine rings is 1. The van der Waals surface area contributed by atoms with Gasteiger partial charge < -0.3 is 15.6 Å². The molecule has 1 amide bonds. The van der Waals surface area contributed by atoms with Crippen LogP contribution in [0, 0.1) is 5.92 Å². The Hall–Kier alpha value is -1.88. The maximum absolute atomic E-state index is 12.5. The molecule has 1 aliphatic heterocycles. The molecular formula is C15H20N4O. The SMILES string of the molecule is CC1CC(CN)CN1C(=O)Cc1c[nH]c2ncccc12. The Balaban J connectivity index is 1.76. The van der Waals surface area contributed by atoms with Crippen molar-refractivity contribution in [1.82, 2.24) is 14.9 Å². The van der Waals surface area contributed by atoms with Gasteiger partial charge in [-0.05, 0) is 43.5 Å². The van der Waals surface area contributed by atoms with Crippen LogP contribution in [0.5, 0.6) is 0 Å². The fourth-order valence-corrected chi connectivity index (χ4v) is 3.08. The lowest BCUT2D eigenvalue weighted by Gasteiger charge is -2.21.